The van der Waals surface area contributed by atoms with E-state index in [1.165, 1.54) is 12.3 Å². The van der Waals surface area contributed by atoms with Crippen molar-refractivity contribution in [2.24, 2.45) is 0 Å². The number of hydrogen-bond donors (Lipinski definition) is 1. The Morgan fingerprint density at radius 3 is 2.41 bits per heavy atom. The summed E-state index contributed by atoms with van der Waals surface area (Å²) in [6, 6.07) is 8.03. The van der Waals surface area contributed by atoms with Gasteiger partial charge in [-0.1, -0.05) is 23.2 Å². The molecule has 0 saturated carbocycles. The molecule has 0 unspecified atom stereocenters. The molecular weight excluding hydrogens is 259 g/mol. The molecule has 2 rings (SSSR count). The number of nitrogens with zero attached hydrogens (tertiary/aromatic N) is 1. The molecule has 0 radical (unpaired) electrons. The van der Waals surface area contributed by atoms with E-state index in [0.29, 0.717) is 21.3 Å². The number of aromatic amines is 1. The molecule has 0 spiro atoms. The molecule has 0 amide bonds. The van der Waals surface area contributed by atoms with Gasteiger partial charge in [-0.05, 0) is 18.2 Å². The van der Waals surface area contributed by atoms with Crippen LogP contribution < -0.4 is 5.43 Å². The SMILES string of the molecule is N#Cc1c(-c2cc(Cl)cc(Cl)c2)[nH]ccc1=O. The highest BCUT2D eigenvalue weighted by Crippen LogP contribution is 2.26. The van der Waals surface area contributed by atoms with Crippen LogP contribution in [0.15, 0.2) is 35.3 Å². The minimum absolute atomic E-state index is 0.0471. The molecule has 0 saturated heterocycles. The fourth-order valence-electron chi connectivity index (χ4n) is 1.52. The number of hydrogen-bond acceptors (Lipinski definition) is 2. The van der Waals surface area contributed by atoms with Gasteiger partial charge < -0.3 is 4.98 Å². The molecule has 1 aromatic heterocycles. The number of pyridine rings is 1. The second-order valence-corrected chi connectivity index (χ2v) is 4.23. The summed E-state index contributed by atoms with van der Waals surface area (Å²) in [4.78, 5) is 14.4. The number of nitriles is 1. The van der Waals surface area contributed by atoms with Gasteiger partial charge in [0.25, 0.3) is 0 Å². The predicted molar refractivity (Wildman–Crippen MR) is 67.2 cm³/mol. The Morgan fingerprint density at radius 1 is 1.18 bits per heavy atom. The zero-order valence-corrected chi connectivity index (χ0v) is 10.0. The smallest absolute Gasteiger partial charge is 0.199 e. The van der Waals surface area contributed by atoms with Gasteiger partial charge in [0.2, 0.25) is 0 Å². The number of rotatable bonds is 1. The minimum atomic E-state index is -0.336. The molecule has 0 aliphatic rings. The molecule has 0 aliphatic heterocycles. The van der Waals surface area contributed by atoms with Gasteiger partial charge in [0.1, 0.15) is 11.6 Å². The highest BCUT2D eigenvalue weighted by atomic mass is 35.5. The first-order valence-electron chi connectivity index (χ1n) is 4.70. The highest BCUT2D eigenvalue weighted by Gasteiger charge is 2.09. The van der Waals surface area contributed by atoms with E-state index < -0.39 is 0 Å². The van der Waals surface area contributed by atoms with Gasteiger partial charge in [-0.15, -0.1) is 0 Å². The number of benzene rings is 1. The first-order valence-corrected chi connectivity index (χ1v) is 5.45. The zero-order valence-electron chi connectivity index (χ0n) is 8.50. The fraction of sp³-hybridized carbons (Fsp3) is 0. The molecule has 2 aromatic rings. The van der Waals surface area contributed by atoms with Crippen LogP contribution in [0.5, 0.6) is 0 Å². The van der Waals surface area contributed by atoms with Crippen LogP contribution >= 0.6 is 23.2 Å². The number of aromatic nitrogens is 1. The van der Waals surface area contributed by atoms with Crippen molar-refractivity contribution in [2.75, 3.05) is 0 Å². The monoisotopic (exact) mass is 264 g/mol. The molecular formula is C12H6Cl2N2O. The van der Waals surface area contributed by atoms with E-state index in [1.807, 2.05) is 6.07 Å². The largest absolute Gasteiger partial charge is 0.360 e. The summed E-state index contributed by atoms with van der Waals surface area (Å²) < 4.78 is 0. The van der Waals surface area contributed by atoms with Crippen LogP contribution in [-0.2, 0) is 0 Å². The third kappa shape index (κ3) is 2.33. The van der Waals surface area contributed by atoms with Crippen LogP contribution in [-0.4, -0.2) is 4.98 Å². The molecule has 5 heteroatoms. The summed E-state index contributed by atoms with van der Waals surface area (Å²) in [5, 5.41) is 9.85. The van der Waals surface area contributed by atoms with Crippen molar-refractivity contribution < 1.29 is 0 Å². The van der Waals surface area contributed by atoms with Crippen LogP contribution in [0.1, 0.15) is 5.56 Å². The second kappa shape index (κ2) is 4.62. The van der Waals surface area contributed by atoms with Crippen molar-refractivity contribution >= 4 is 23.2 Å². The van der Waals surface area contributed by atoms with Gasteiger partial charge >= 0.3 is 0 Å². The molecule has 0 bridgehead atoms. The van der Waals surface area contributed by atoms with Crippen molar-refractivity contribution in [2.45, 2.75) is 0 Å². The summed E-state index contributed by atoms with van der Waals surface area (Å²) >= 11 is 11.8. The summed E-state index contributed by atoms with van der Waals surface area (Å²) in [6.07, 6.45) is 1.48. The molecule has 1 N–H and O–H groups in total. The Balaban J connectivity index is 2.73. The van der Waals surface area contributed by atoms with E-state index >= 15 is 0 Å². The van der Waals surface area contributed by atoms with Crippen molar-refractivity contribution in [3.63, 3.8) is 0 Å². The third-order valence-electron chi connectivity index (χ3n) is 2.22. The number of H-pyrrole nitrogens is 1. The lowest BCUT2D eigenvalue weighted by molar-refractivity contribution is 1.27. The molecule has 0 atom stereocenters. The quantitative estimate of drug-likeness (QED) is 0.860. The summed E-state index contributed by atoms with van der Waals surface area (Å²) in [6.45, 7) is 0. The molecule has 0 aliphatic carbocycles. The van der Waals surface area contributed by atoms with Crippen molar-refractivity contribution in [3.8, 4) is 17.3 Å². The lowest BCUT2D eigenvalue weighted by atomic mass is 10.1. The van der Waals surface area contributed by atoms with Crippen molar-refractivity contribution in [1.82, 2.24) is 4.98 Å². The number of halogens is 2. The first-order chi connectivity index (χ1) is 8.11. The highest BCUT2D eigenvalue weighted by molar-refractivity contribution is 6.35. The Labute approximate surface area is 107 Å². The van der Waals surface area contributed by atoms with E-state index in [1.54, 1.807) is 18.2 Å². The normalized spacial score (nSPS) is 9.94. The standard InChI is InChI=1S/C12H6Cl2N2O/c13-8-3-7(4-9(14)5-8)12-10(6-15)11(17)1-2-16-12/h1-5H,(H,16,17). The molecule has 0 fully saturated rings. The Bertz CT molecular complexity index is 651. The van der Waals surface area contributed by atoms with E-state index in [2.05, 4.69) is 4.98 Å². The minimum Gasteiger partial charge on any atom is -0.360 e. The molecule has 84 valence electrons. The molecule has 17 heavy (non-hydrogen) atoms. The van der Waals surface area contributed by atoms with Gasteiger partial charge in [0.05, 0.1) is 5.69 Å². The van der Waals surface area contributed by atoms with Gasteiger partial charge in [0, 0.05) is 27.9 Å². The first kappa shape index (κ1) is 11.7. The van der Waals surface area contributed by atoms with Gasteiger partial charge in [-0.2, -0.15) is 5.26 Å². The topological polar surface area (TPSA) is 56.6 Å². The summed E-state index contributed by atoms with van der Waals surface area (Å²) in [5.41, 5.74) is 0.740. The molecule has 1 aromatic carbocycles. The Kier molecular flexibility index (Phi) is 3.19. The van der Waals surface area contributed by atoms with E-state index in [0.717, 1.165) is 0 Å². The third-order valence-corrected chi connectivity index (χ3v) is 2.66. The molecule has 1 heterocycles. The van der Waals surface area contributed by atoms with E-state index in [4.69, 9.17) is 28.5 Å². The lowest BCUT2D eigenvalue weighted by Crippen LogP contribution is -2.07. The van der Waals surface area contributed by atoms with Gasteiger partial charge in [-0.25, -0.2) is 0 Å². The lowest BCUT2D eigenvalue weighted by Gasteiger charge is -2.05. The van der Waals surface area contributed by atoms with Crippen LogP contribution in [0.3, 0.4) is 0 Å². The van der Waals surface area contributed by atoms with Crippen LogP contribution in [0, 0.1) is 11.3 Å². The fourth-order valence-corrected chi connectivity index (χ4v) is 2.04. The van der Waals surface area contributed by atoms with Crippen LogP contribution in [0.25, 0.3) is 11.3 Å². The maximum atomic E-state index is 11.5. The maximum absolute atomic E-state index is 11.5. The van der Waals surface area contributed by atoms with Crippen LogP contribution in [0.2, 0.25) is 10.0 Å². The molecule has 3 nitrogen and oxygen atoms in total. The van der Waals surface area contributed by atoms with E-state index in [9.17, 15) is 4.79 Å². The van der Waals surface area contributed by atoms with Gasteiger partial charge in [0.15, 0.2) is 5.43 Å². The van der Waals surface area contributed by atoms with E-state index in [-0.39, 0.29) is 11.0 Å². The predicted octanol–water partition coefficient (Wildman–Crippen LogP) is 3.22. The number of nitrogens with one attached hydrogen (secondary N) is 1. The van der Waals surface area contributed by atoms with Crippen LogP contribution in [0.4, 0.5) is 0 Å². The average molecular weight is 265 g/mol. The summed E-state index contributed by atoms with van der Waals surface area (Å²) in [7, 11) is 0. The second-order valence-electron chi connectivity index (χ2n) is 3.36. The zero-order chi connectivity index (χ0) is 12.4. The average Bonchev–Trinajstić information content (AvgIpc) is 2.27. The van der Waals surface area contributed by atoms with Crippen molar-refractivity contribution in [3.05, 3.63) is 56.3 Å². The Hall–Kier alpha value is -1.76. The summed E-state index contributed by atoms with van der Waals surface area (Å²) in [5.74, 6) is 0. The van der Waals surface area contributed by atoms with Crippen molar-refractivity contribution in [1.29, 1.82) is 5.26 Å². The maximum Gasteiger partial charge on any atom is 0.199 e. The Morgan fingerprint density at radius 2 is 1.82 bits per heavy atom. The van der Waals surface area contributed by atoms with Gasteiger partial charge in [-0.3, -0.25) is 4.79 Å².